The minimum atomic E-state index is -0.323. The van der Waals surface area contributed by atoms with Gasteiger partial charge in [0.2, 0.25) is 11.5 Å². The van der Waals surface area contributed by atoms with Crippen LogP contribution in [0, 0.1) is 12.7 Å². The van der Waals surface area contributed by atoms with Gasteiger partial charge in [0.25, 0.3) is 0 Å². The summed E-state index contributed by atoms with van der Waals surface area (Å²) in [7, 11) is 4.56. The fourth-order valence-electron chi connectivity index (χ4n) is 3.69. The second-order valence-corrected chi connectivity index (χ2v) is 7.35. The van der Waals surface area contributed by atoms with Gasteiger partial charge in [0.1, 0.15) is 23.9 Å². The highest BCUT2D eigenvalue weighted by molar-refractivity contribution is 6.15. The number of allylic oxidation sites excluding steroid dienone is 1. The summed E-state index contributed by atoms with van der Waals surface area (Å²) in [4.78, 5) is 13.0. The molecule has 0 aromatic heterocycles. The van der Waals surface area contributed by atoms with Crippen molar-refractivity contribution in [3.8, 4) is 28.7 Å². The predicted octanol–water partition coefficient (Wildman–Crippen LogP) is 5.36. The van der Waals surface area contributed by atoms with Gasteiger partial charge in [0.15, 0.2) is 17.3 Å². The fraction of sp³-hybridized carbons (Fsp3) is 0.192. The molecular weight excluding hydrogens is 427 g/mol. The number of carbonyl (C=O) groups is 1. The lowest BCUT2D eigenvalue weighted by Crippen LogP contribution is -2.00. The second kappa shape index (κ2) is 9.24. The third-order valence-electron chi connectivity index (χ3n) is 5.34. The smallest absolute Gasteiger partial charge is 0.231 e. The molecule has 0 unspecified atom stereocenters. The Kier molecular flexibility index (Phi) is 6.22. The van der Waals surface area contributed by atoms with Crippen LogP contribution in [0.4, 0.5) is 4.39 Å². The molecule has 0 spiro atoms. The Balaban J connectivity index is 1.62. The van der Waals surface area contributed by atoms with E-state index in [0.717, 1.165) is 0 Å². The molecule has 0 saturated carbocycles. The number of ketones is 1. The summed E-state index contributed by atoms with van der Waals surface area (Å²) in [5, 5.41) is 0. The average Bonchev–Trinajstić information content (AvgIpc) is 3.14. The third-order valence-corrected chi connectivity index (χ3v) is 5.34. The maximum atomic E-state index is 13.4. The first-order chi connectivity index (χ1) is 16.0. The van der Waals surface area contributed by atoms with Gasteiger partial charge in [-0.3, -0.25) is 4.79 Å². The Hall–Kier alpha value is -4.00. The summed E-state index contributed by atoms with van der Waals surface area (Å²) in [5.41, 5.74) is 2.43. The molecule has 3 aromatic rings. The average molecular weight is 450 g/mol. The van der Waals surface area contributed by atoms with Gasteiger partial charge in [-0.1, -0.05) is 12.1 Å². The van der Waals surface area contributed by atoms with Crippen molar-refractivity contribution in [2.75, 3.05) is 21.3 Å². The molecule has 7 heteroatoms. The molecule has 0 fully saturated rings. The highest BCUT2D eigenvalue weighted by Crippen LogP contribution is 2.43. The summed E-state index contributed by atoms with van der Waals surface area (Å²) in [6.45, 7) is 2.00. The maximum Gasteiger partial charge on any atom is 0.231 e. The fourth-order valence-corrected chi connectivity index (χ4v) is 3.69. The number of hydrogen-bond acceptors (Lipinski definition) is 6. The monoisotopic (exact) mass is 450 g/mol. The number of halogens is 1. The van der Waals surface area contributed by atoms with Crippen molar-refractivity contribution in [1.82, 2.24) is 0 Å². The Morgan fingerprint density at radius 3 is 2.39 bits per heavy atom. The van der Waals surface area contributed by atoms with Crippen molar-refractivity contribution in [1.29, 1.82) is 0 Å². The van der Waals surface area contributed by atoms with Crippen LogP contribution in [0.1, 0.15) is 27.0 Å². The quantitative estimate of drug-likeness (QED) is 0.452. The molecule has 0 aliphatic carbocycles. The van der Waals surface area contributed by atoms with Gasteiger partial charge in [0.05, 0.1) is 26.9 Å². The number of carbonyl (C=O) groups excluding carboxylic acids is 1. The van der Waals surface area contributed by atoms with Crippen LogP contribution in [0.25, 0.3) is 6.08 Å². The minimum absolute atomic E-state index is 0.154. The molecule has 0 N–H and O–H groups in total. The standard InChI is InChI=1S/C26H23FO6/c1-15-20(32-14-16-6-5-7-18(27)12-16)11-9-19-23(28)22(33-24(15)19)13-17-8-10-21(29-2)26(31-4)25(17)30-3/h5-13H,14H2,1-4H3/b22-13-. The van der Waals surface area contributed by atoms with Crippen molar-refractivity contribution in [2.24, 2.45) is 0 Å². The van der Waals surface area contributed by atoms with Crippen LogP contribution >= 0.6 is 0 Å². The number of ether oxygens (including phenoxy) is 5. The van der Waals surface area contributed by atoms with Crippen molar-refractivity contribution in [3.05, 3.63) is 82.4 Å². The van der Waals surface area contributed by atoms with E-state index in [9.17, 15) is 9.18 Å². The topological polar surface area (TPSA) is 63.2 Å². The van der Waals surface area contributed by atoms with Gasteiger partial charge < -0.3 is 23.7 Å². The first-order valence-corrected chi connectivity index (χ1v) is 10.2. The first kappa shape index (κ1) is 22.2. The van der Waals surface area contributed by atoms with E-state index < -0.39 is 0 Å². The highest BCUT2D eigenvalue weighted by Gasteiger charge is 2.31. The molecular formula is C26H23FO6. The maximum absolute atomic E-state index is 13.4. The lowest BCUT2D eigenvalue weighted by atomic mass is 10.1. The summed E-state index contributed by atoms with van der Waals surface area (Å²) in [5.74, 6) is 1.92. The lowest BCUT2D eigenvalue weighted by Gasteiger charge is -2.14. The van der Waals surface area contributed by atoms with E-state index in [4.69, 9.17) is 23.7 Å². The summed E-state index contributed by atoms with van der Waals surface area (Å²) < 4.78 is 41.4. The molecule has 1 aliphatic rings. The van der Waals surface area contributed by atoms with E-state index >= 15 is 0 Å². The van der Waals surface area contributed by atoms with Gasteiger partial charge in [-0.2, -0.15) is 0 Å². The van der Waals surface area contributed by atoms with Crippen LogP contribution in [-0.4, -0.2) is 27.1 Å². The largest absolute Gasteiger partial charge is 0.493 e. The van der Waals surface area contributed by atoms with Crippen LogP contribution in [0.3, 0.4) is 0 Å². The number of fused-ring (bicyclic) bond motifs is 1. The number of methoxy groups -OCH3 is 3. The number of rotatable bonds is 7. The molecule has 1 aliphatic heterocycles. The third kappa shape index (κ3) is 4.22. The van der Waals surface area contributed by atoms with Crippen LogP contribution < -0.4 is 23.7 Å². The molecule has 4 rings (SSSR count). The molecule has 0 amide bonds. The molecule has 0 bridgehead atoms. The minimum Gasteiger partial charge on any atom is -0.493 e. The van der Waals surface area contributed by atoms with Gasteiger partial charge >= 0.3 is 0 Å². The lowest BCUT2D eigenvalue weighted by molar-refractivity contribution is 0.101. The summed E-state index contributed by atoms with van der Waals surface area (Å²) in [6, 6.07) is 13.1. The zero-order valence-corrected chi connectivity index (χ0v) is 18.7. The van der Waals surface area contributed by atoms with Gasteiger partial charge in [-0.25, -0.2) is 4.39 Å². The number of hydrogen-bond donors (Lipinski definition) is 0. The van der Waals surface area contributed by atoms with E-state index in [1.165, 1.54) is 33.5 Å². The molecule has 1 heterocycles. The van der Waals surface area contributed by atoms with Crippen molar-refractivity contribution in [2.45, 2.75) is 13.5 Å². The van der Waals surface area contributed by atoms with Crippen LogP contribution in [0.2, 0.25) is 0 Å². The van der Waals surface area contributed by atoms with Crippen molar-refractivity contribution in [3.63, 3.8) is 0 Å². The van der Waals surface area contributed by atoms with Crippen molar-refractivity contribution >= 4 is 11.9 Å². The Bertz CT molecular complexity index is 1250. The predicted molar refractivity (Wildman–Crippen MR) is 121 cm³/mol. The molecule has 170 valence electrons. The van der Waals surface area contributed by atoms with E-state index in [-0.39, 0.29) is 24.0 Å². The van der Waals surface area contributed by atoms with Crippen LogP contribution in [0.15, 0.2) is 54.3 Å². The first-order valence-electron chi connectivity index (χ1n) is 10.2. The molecule has 33 heavy (non-hydrogen) atoms. The van der Waals surface area contributed by atoms with E-state index in [0.29, 0.717) is 51.0 Å². The molecule has 3 aromatic carbocycles. The van der Waals surface area contributed by atoms with Gasteiger partial charge in [-0.15, -0.1) is 0 Å². The van der Waals surface area contributed by atoms with Gasteiger partial charge in [-0.05, 0) is 55.0 Å². The molecule has 0 saturated heterocycles. The molecule has 0 radical (unpaired) electrons. The second-order valence-electron chi connectivity index (χ2n) is 7.35. The zero-order valence-electron chi connectivity index (χ0n) is 18.7. The summed E-state index contributed by atoms with van der Waals surface area (Å²) >= 11 is 0. The number of Topliss-reactive ketones (excluding diaryl/α,β-unsaturated/α-hetero) is 1. The molecule has 6 nitrogen and oxygen atoms in total. The van der Waals surface area contributed by atoms with Gasteiger partial charge in [0, 0.05) is 11.1 Å². The van der Waals surface area contributed by atoms with E-state index in [1.807, 2.05) is 6.92 Å². The Morgan fingerprint density at radius 2 is 1.70 bits per heavy atom. The molecule has 0 atom stereocenters. The Morgan fingerprint density at radius 1 is 0.939 bits per heavy atom. The Labute approximate surface area is 191 Å². The zero-order chi connectivity index (χ0) is 23.5. The summed E-state index contributed by atoms with van der Waals surface area (Å²) in [6.07, 6.45) is 1.61. The number of benzene rings is 3. The van der Waals surface area contributed by atoms with Crippen LogP contribution in [-0.2, 0) is 6.61 Å². The van der Waals surface area contributed by atoms with E-state index in [2.05, 4.69) is 0 Å². The van der Waals surface area contributed by atoms with E-state index in [1.54, 1.807) is 42.5 Å². The normalized spacial score (nSPS) is 13.5. The SMILES string of the molecule is COc1ccc(/C=C2\Oc3c(ccc(OCc4cccc(F)c4)c3C)C2=O)c(OC)c1OC. The van der Waals surface area contributed by atoms with Crippen LogP contribution in [0.5, 0.6) is 28.7 Å². The van der Waals surface area contributed by atoms with Crippen molar-refractivity contribution < 1.29 is 32.9 Å². The highest BCUT2D eigenvalue weighted by atomic mass is 19.1.